The Labute approximate surface area is 148 Å². The lowest BCUT2D eigenvalue weighted by atomic mass is 9.85. The number of likely N-dealkylation sites (tertiary alicyclic amines) is 1. The molecule has 3 rings (SSSR count). The number of nitrogens with one attached hydrogen (secondary N) is 1. The Morgan fingerprint density at radius 3 is 2.60 bits per heavy atom. The van der Waals surface area contributed by atoms with Gasteiger partial charge in [-0.2, -0.15) is 0 Å². The van der Waals surface area contributed by atoms with Gasteiger partial charge in [-0.3, -0.25) is 10.2 Å². The molecule has 1 fully saturated rings. The fourth-order valence-corrected chi connectivity index (χ4v) is 3.44. The summed E-state index contributed by atoms with van der Waals surface area (Å²) in [6, 6.07) is 7.53. The minimum absolute atomic E-state index is 0.0627. The summed E-state index contributed by atoms with van der Waals surface area (Å²) in [5.41, 5.74) is 7.87. The maximum Gasteiger partial charge on any atom is 0.222 e. The van der Waals surface area contributed by atoms with Gasteiger partial charge in [0.15, 0.2) is 0 Å². The third kappa shape index (κ3) is 3.83. The molecule has 1 spiro atoms. The fraction of sp³-hybridized carbons (Fsp3) is 0.526. The predicted molar refractivity (Wildman–Crippen MR) is 97.8 cm³/mol. The lowest BCUT2D eigenvalue weighted by molar-refractivity contribution is -0.137. The highest BCUT2D eigenvalue weighted by Crippen LogP contribution is 2.36. The minimum atomic E-state index is -0.268. The van der Waals surface area contributed by atoms with Crippen LogP contribution in [0, 0.1) is 5.41 Å². The van der Waals surface area contributed by atoms with Crippen LogP contribution in [0.3, 0.4) is 0 Å². The molecule has 0 saturated carbocycles. The average Bonchev–Trinajstić information content (AvgIpc) is 3.04. The average molecular weight is 342 g/mol. The highest BCUT2D eigenvalue weighted by Gasteiger charge is 2.42. The normalized spacial score (nSPS) is 18.8. The summed E-state index contributed by atoms with van der Waals surface area (Å²) in [7, 11) is 0. The first kappa shape index (κ1) is 17.5. The Morgan fingerprint density at radius 1 is 1.32 bits per heavy atom. The number of oxime groups is 1. The van der Waals surface area contributed by atoms with E-state index in [0.717, 1.165) is 56.5 Å². The number of nitrogens with zero attached hydrogens (tertiary/aromatic N) is 2. The van der Waals surface area contributed by atoms with Gasteiger partial charge in [-0.1, -0.05) is 42.8 Å². The number of hydrogen-bond donors (Lipinski definition) is 2. The van der Waals surface area contributed by atoms with Crippen molar-refractivity contribution < 1.29 is 9.63 Å². The summed E-state index contributed by atoms with van der Waals surface area (Å²) in [5.74, 6) is 0.323. The zero-order chi connectivity index (χ0) is 17.9. The number of unbranched alkanes of at least 4 members (excludes halogenated alkanes) is 1. The van der Waals surface area contributed by atoms with E-state index in [4.69, 9.17) is 16.0 Å². The zero-order valence-corrected chi connectivity index (χ0v) is 14.8. The first-order valence-corrected chi connectivity index (χ1v) is 9.01. The van der Waals surface area contributed by atoms with E-state index in [1.165, 1.54) is 0 Å². The molecule has 25 heavy (non-hydrogen) atoms. The smallest absolute Gasteiger partial charge is 0.222 e. The molecule has 0 bridgehead atoms. The molecule has 6 nitrogen and oxygen atoms in total. The van der Waals surface area contributed by atoms with E-state index in [-0.39, 0.29) is 17.3 Å². The second-order valence-corrected chi connectivity index (χ2v) is 6.96. The molecule has 1 aromatic carbocycles. The number of carbonyl (C=O) groups excluding carboxylic acids is 1. The third-order valence-electron chi connectivity index (χ3n) is 5.14. The molecule has 0 aromatic heterocycles. The van der Waals surface area contributed by atoms with Crippen LogP contribution in [0.25, 0.3) is 0 Å². The summed E-state index contributed by atoms with van der Waals surface area (Å²) in [4.78, 5) is 19.9. The van der Waals surface area contributed by atoms with Crippen molar-refractivity contribution in [1.29, 1.82) is 5.41 Å². The first-order valence-electron chi connectivity index (χ1n) is 9.01. The standard InChI is InChI=1S/C19H26N4O2/c1-2-3-4-17(24)23-11-9-19(10-12-23)13-16(22-25-19)14-5-7-15(8-6-14)18(20)21/h5-8H,2-4,9-13H2,1H3,(H3,20,21). The lowest BCUT2D eigenvalue weighted by Crippen LogP contribution is -2.46. The molecule has 0 unspecified atom stereocenters. The molecule has 134 valence electrons. The van der Waals surface area contributed by atoms with Crippen LogP contribution in [0.1, 0.15) is 56.6 Å². The molecule has 3 N–H and O–H groups in total. The summed E-state index contributed by atoms with van der Waals surface area (Å²) in [5, 5.41) is 11.8. The minimum Gasteiger partial charge on any atom is -0.388 e. The van der Waals surface area contributed by atoms with Crippen LogP contribution >= 0.6 is 0 Å². The zero-order valence-electron chi connectivity index (χ0n) is 14.8. The molecule has 2 heterocycles. The topological polar surface area (TPSA) is 91.8 Å². The predicted octanol–water partition coefficient (Wildman–Crippen LogP) is 2.65. The largest absolute Gasteiger partial charge is 0.388 e. The van der Waals surface area contributed by atoms with Crippen LogP contribution in [0.5, 0.6) is 0 Å². The van der Waals surface area contributed by atoms with Crippen LogP contribution in [-0.2, 0) is 9.63 Å². The SMILES string of the molecule is CCCCC(=O)N1CCC2(CC1)CC(c1ccc(C(=N)N)cc1)=NO2. The summed E-state index contributed by atoms with van der Waals surface area (Å²) >= 11 is 0. The first-order chi connectivity index (χ1) is 12.0. The Hall–Kier alpha value is -2.37. The lowest BCUT2D eigenvalue weighted by Gasteiger charge is -2.37. The maximum absolute atomic E-state index is 12.2. The van der Waals surface area contributed by atoms with Gasteiger partial charge in [0.2, 0.25) is 5.91 Å². The van der Waals surface area contributed by atoms with Gasteiger partial charge in [0.1, 0.15) is 11.4 Å². The van der Waals surface area contributed by atoms with Gasteiger partial charge in [-0.15, -0.1) is 0 Å². The second kappa shape index (κ2) is 7.25. The number of hydrogen-bond acceptors (Lipinski definition) is 4. The van der Waals surface area contributed by atoms with E-state index in [1.54, 1.807) is 0 Å². The number of piperidine rings is 1. The second-order valence-electron chi connectivity index (χ2n) is 6.96. The Bertz CT molecular complexity index is 673. The Balaban J connectivity index is 1.57. The van der Waals surface area contributed by atoms with Crippen LogP contribution < -0.4 is 5.73 Å². The van der Waals surface area contributed by atoms with Crippen molar-refractivity contribution in [2.24, 2.45) is 10.9 Å². The van der Waals surface area contributed by atoms with Crippen LogP contribution in [0.2, 0.25) is 0 Å². The van der Waals surface area contributed by atoms with Crippen LogP contribution in [0.4, 0.5) is 0 Å². The van der Waals surface area contributed by atoms with Crippen molar-refractivity contribution in [3.63, 3.8) is 0 Å². The third-order valence-corrected chi connectivity index (χ3v) is 5.14. The molecule has 1 amide bonds. The molecular formula is C19H26N4O2. The molecular weight excluding hydrogens is 316 g/mol. The number of benzene rings is 1. The number of nitrogen functional groups attached to an aromatic ring is 1. The number of amides is 1. The van der Waals surface area contributed by atoms with Gasteiger partial charge in [-0.25, -0.2) is 0 Å². The van der Waals surface area contributed by atoms with Gasteiger partial charge in [-0.05, 0) is 12.0 Å². The van der Waals surface area contributed by atoms with E-state index in [9.17, 15) is 4.79 Å². The van der Waals surface area contributed by atoms with Gasteiger partial charge in [0.05, 0.1) is 5.71 Å². The molecule has 2 aliphatic rings. The number of amidine groups is 1. The van der Waals surface area contributed by atoms with Gasteiger partial charge in [0.25, 0.3) is 0 Å². The maximum atomic E-state index is 12.2. The van der Waals surface area contributed by atoms with Crippen molar-refractivity contribution in [2.45, 2.75) is 51.0 Å². The highest BCUT2D eigenvalue weighted by atomic mass is 16.7. The van der Waals surface area contributed by atoms with E-state index >= 15 is 0 Å². The fourth-order valence-electron chi connectivity index (χ4n) is 3.44. The molecule has 0 atom stereocenters. The summed E-state index contributed by atoms with van der Waals surface area (Å²) in [6.07, 6.45) is 5.07. The summed E-state index contributed by atoms with van der Waals surface area (Å²) < 4.78 is 0. The van der Waals surface area contributed by atoms with E-state index in [2.05, 4.69) is 12.1 Å². The molecule has 1 aromatic rings. The molecule has 2 aliphatic heterocycles. The quantitative estimate of drug-likeness (QED) is 0.636. The van der Waals surface area contributed by atoms with Crippen molar-refractivity contribution in [3.05, 3.63) is 35.4 Å². The Morgan fingerprint density at radius 2 is 2.00 bits per heavy atom. The van der Waals surface area contributed by atoms with E-state index < -0.39 is 0 Å². The number of nitrogens with two attached hydrogens (primary N) is 1. The van der Waals surface area contributed by atoms with Gasteiger partial charge < -0.3 is 15.5 Å². The molecule has 1 saturated heterocycles. The Kier molecular flexibility index (Phi) is 5.06. The van der Waals surface area contributed by atoms with E-state index in [1.807, 2.05) is 29.2 Å². The summed E-state index contributed by atoms with van der Waals surface area (Å²) in [6.45, 7) is 3.59. The molecule has 6 heteroatoms. The van der Waals surface area contributed by atoms with Crippen LogP contribution in [-0.4, -0.2) is 41.0 Å². The van der Waals surface area contributed by atoms with Gasteiger partial charge in [0, 0.05) is 44.3 Å². The monoisotopic (exact) mass is 342 g/mol. The van der Waals surface area contributed by atoms with Crippen molar-refractivity contribution in [2.75, 3.05) is 13.1 Å². The van der Waals surface area contributed by atoms with Crippen molar-refractivity contribution in [3.8, 4) is 0 Å². The van der Waals surface area contributed by atoms with Gasteiger partial charge >= 0.3 is 0 Å². The molecule has 0 radical (unpaired) electrons. The van der Waals surface area contributed by atoms with E-state index in [0.29, 0.717) is 12.0 Å². The van der Waals surface area contributed by atoms with Crippen molar-refractivity contribution >= 4 is 17.5 Å². The van der Waals surface area contributed by atoms with Crippen molar-refractivity contribution in [1.82, 2.24) is 4.90 Å². The number of rotatable bonds is 5. The number of carbonyl (C=O) groups is 1. The van der Waals surface area contributed by atoms with Crippen LogP contribution in [0.15, 0.2) is 29.4 Å². The molecule has 0 aliphatic carbocycles. The highest BCUT2D eigenvalue weighted by molar-refractivity contribution is 6.03.